The van der Waals surface area contributed by atoms with Crippen LogP contribution < -0.4 is 0 Å². The fraction of sp³-hybridized carbons (Fsp3) is 0.688. The third kappa shape index (κ3) is 3.06. The summed E-state index contributed by atoms with van der Waals surface area (Å²) >= 11 is 0. The van der Waals surface area contributed by atoms with Crippen LogP contribution in [0.3, 0.4) is 0 Å². The van der Waals surface area contributed by atoms with E-state index in [-0.39, 0.29) is 30.8 Å². The van der Waals surface area contributed by atoms with Crippen molar-refractivity contribution in [1.82, 2.24) is 9.80 Å². The third-order valence-electron chi connectivity index (χ3n) is 5.17. The molecule has 0 aliphatic carbocycles. The van der Waals surface area contributed by atoms with Gasteiger partial charge in [-0.05, 0) is 18.0 Å². The van der Waals surface area contributed by atoms with Gasteiger partial charge >= 0.3 is 12.1 Å². The van der Waals surface area contributed by atoms with Gasteiger partial charge in [0.1, 0.15) is 11.7 Å². The zero-order chi connectivity index (χ0) is 18.5. The van der Waals surface area contributed by atoms with Gasteiger partial charge in [-0.3, -0.25) is 14.6 Å². The van der Waals surface area contributed by atoms with Crippen molar-refractivity contribution in [2.75, 3.05) is 19.8 Å². The third-order valence-corrected chi connectivity index (χ3v) is 6.87. The van der Waals surface area contributed by atoms with Crippen LogP contribution in [0.25, 0.3) is 0 Å². The lowest BCUT2D eigenvalue weighted by atomic mass is 9.79. The Balaban J connectivity index is 1.76. The van der Waals surface area contributed by atoms with Crippen LogP contribution in [0.2, 0.25) is 25.7 Å². The summed E-state index contributed by atoms with van der Waals surface area (Å²) in [6.07, 6.45) is -0.666. The molecule has 0 bridgehead atoms. The smallest absolute Gasteiger partial charge is 0.408 e. The average Bonchev–Trinajstić information content (AvgIpc) is 2.85. The lowest BCUT2D eigenvalue weighted by molar-refractivity contribution is -0.156. The first-order chi connectivity index (χ1) is 11.6. The van der Waals surface area contributed by atoms with Gasteiger partial charge in [0.2, 0.25) is 0 Å². The molecule has 25 heavy (non-hydrogen) atoms. The number of likely N-dealkylation sites (tertiary alicyclic amines) is 1. The van der Waals surface area contributed by atoms with Crippen LogP contribution in [-0.4, -0.2) is 77.9 Å². The molecule has 0 saturated carbocycles. The van der Waals surface area contributed by atoms with Crippen molar-refractivity contribution in [2.45, 2.75) is 44.2 Å². The number of carbonyl (C=O) groups is 3. The minimum atomic E-state index is -1.24. The molecule has 2 saturated heterocycles. The minimum Gasteiger partial charge on any atom is -0.477 e. The zero-order valence-corrected chi connectivity index (χ0v) is 15.7. The lowest BCUT2D eigenvalue weighted by Crippen LogP contribution is -2.69. The van der Waals surface area contributed by atoms with E-state index in [4.69, 9.17) is 4.74 Å². The summed E-state index contributed by atoms with van der Waals surface area (Å²) in [4.78, 5) is 37.8. The molecule has 2 amide bonds. The molecule has 0 aromatic heterocycles. The summed E-state index contributed by atoms with van der Waals surface area (Å²) in [5.74, 6) is -1.65. The van der Waals surface area contributed by atoms with Gasteiger partial charge in [0.15, 0.2) is 0 Å². The first-order valence-corrected chi connectivity index (χ1v) is 12.2. The summed E-state index contributed by atoms with van der Waals surface area (Å²) in [7, 11) is -1.24. The monoisotopic (exact) mass is 368 g/mol. The Bertz CT molecular complexity index is 656. The first-order valence-electron chi connectivity index (χ1n) is 8.47. The number of amides is 2. The molecule has 138 valence electrons. The molecular formula is C16H24N2O6Si. The van der Waals surface area contributed by atoms with Crippen molar-refractivity contribution in [3.63, 3.8) is 0 Å². The van der Waals surface area contributed by atoms with Crippen LogP contribution in [0.15, 0.2) is 11.3 Å². The summed E-state index contributed by atoms with van der Waals surface area (Å²) in [6.45, 7) is 7.72. The molecule has 3 aliphatic heterocycles. The fourth-order valence-corrected chi connectivity index (χ4v) is 4.69. The van der Waals surface area contributed by atoms with E-state index in [0.717, 1.165) is 10.9 Å². The van der Waals surface area contributed by atoms with Crippen LogP contribution >= 0.6 is 0 Å². The Morgan fingerprint density at radius 2 is 1.96 bits per heavy atom. The Hall–Kier alpha value is -1.87. The number of nitrogens with zero attached hydrogens (tertiary/aromatic N) is 2. The fourth-order valence-electron chi connectivity index (χ4n) is 3.94. The maximum absolute atomic E-state index is 12.4. The van der Waals surface area contributed by atoms with E-state index in [2.05, 4.69) is 19.6 Å². The van der Waals surface area contributed by atoms with E-state index in [1.54, 1.807) is 0 Å². The normalized spacial score (nSPS) is 28.1. The second-order valence-corrected chi connectivity index (χ2v) is 13.8. The van der Waals surface area contributed by atoms with Crippen molar-refractivity contribution >= 4 is 26.0 Å². The van der Waals surface area contributed by atoms with Crippen molar-refractivity contribution in [3.05, 3.63) is 11.3 Å². The van der Waals surface area contributed by atoms with Gasteiger partial charge in [0.05, 0.1) is 12.6 Å². The zero-order valence-electron chi connectivity index (χ0n) is 14.7. The number of carboxylic acid groups (broad SMARTS) is 2. The van der Waals surface area contributed by atoms with E-state index in [0.29, 0.717) is 18.6 Å². The van der Waals surface area contributed by atoms with Crippen molar-refractivity contribution in [3.8, 4) is 0 Å². The largest absolute Gasteiger partial charge is 0.477 e. The SMILES string of the molecule is C[Si](C)(C)CCOCC1=C(C(=O)O)N2C(=O)[C@@H]3[C@H]2[C@H](C1)CN3C(=O)O. The Morgan fingerprint density at radius 3 is 2.52 bits per heavy atom. The van der Waals surface area contributed by atoms with Crippen molar-refractivity contribution in [2.24, 2.45) is 5.92 Å². The van der Waals surface area contributed by atoms with E-state index >= 15 is 0 Å². The minimum absolute atomic E-state index is 0.0113. The van der Waals surface area contributed by atoms with Gasteiger partial charge in [0.25, 0.3) is 5.91 Å². The molecule has 9 heteroatoms. The summed E-state index contributed by atoms with van der Waals surface area (Å²) in [6, 6.07) is -0.0988. The Kier molecular flexibility index (Phi) is 4.40. The predicted octanol–water partition coefficient (Wildman–Crippen LogP) is 1.27. The van der Waals surface area contributed by atoms with Gasteiger partial charge in [0, 0.05) is 27.1 Å². The average molecular weight is 368 g/mol. The first kappa shape index (κ1) is 17.9. The van der Waals surface area contributed by atoms with E-state index in [1.165, 1.54) is 4.90 Å². The second-order valence-electron chi connectivity index (χ2n) is 8.16. The highest BCUT2D eigenvalue weighted by Gasteiger charge is 2.64. The number of hydrogen-bond donors (Lipinski definition) is 2. The quantitative estimate of drug-likeness (QED) is 0.415. The van der Waals surface area contributed by atoms with Crippen LogP contribution in [0.4, 0.5) is 4.79 Å². The van der Waals surface area contributed by atoms with Gasteiger partial charge in [-0.1, -0.05) is 19.6 Å². The van der Waals surface area contributed by atoms with Crippen molar-refractivity contribution in [1.29, 1.82) is 0 Å². The summed E-state index contributed by atoms with van der Waals surface area (Å²) in [5.41, 5.74) is 0.575. The summed E-state index contributed by atoms with van der Waals surface area (Å²) in [5, 5.41) is 18.8. The number of ether oxygens (including phenoxy) is 1. The number of carboxylic acids is 1. The van der Waals surface area contributed by atoms with Crippen molar-refractivity contribution < 1.29 is 29.3 Å². The standard InChI is InChI=1S/C16H24N2O6Si/c1-25(2,3)5-4-24-8-10-6-9-7-17(16(22)23)13-11(9)18(14(13)19)12(10)15(20)21/h9,11,13H,4-8H2,1-3H3,(H,20,21)(H,22,23)/t9-,11-,13+/m1/s1. The van der Waals surface area contributed by atoms with Gasteiger partial charge < -0.3 is 14.9 Å². The highest BCUT2D eigenvalue weighted by atomic mass is 28.3. The predicted molar refractivity (Wildman–Crippen MR) is 90.9 cm³/mol. The molecule has 0 aromatic carbocycles. The van der Waals surface area contributed by atoms with E-state index in [1.807, 2.05) is 0 Å². The molecule has 3 rings (SSSR count). The number of hydrogen-bond acceptors (Lipinski definition) is 4. The van der Waals surface area contributed by atoms with E-state index in [9.17, 15) is 24.6 Å². The molecule has 8 nitrogen and oxygen atoms in total. The molecule has 3 atom stereocenters. The maximum Gasteiger partial charge on any atom is 0.408 e. The Labute approximate surface area is 147 Å². The maximum atomic E-state index is 12.4. The lowest BCUT2D eigenvalue weighted by Gasteiger charge is -2.49. The number of β-lactam (4-membered cyclic amide) rings is 1. The molecule has 2 N–H and O–H groups in total. The number of carbonyl (C=O) groups excluding carboxylic acids is 1. The van der Waals surface area contributed by atoms with Crippen LogP contribution in [0, 0.1) is 5.92 Å². The molecule has 0 spiro atoms. The molecule has 3 heterocycles. The van der Waals surface area contributed by atoms with Gasteiger partial charge in [-0.25, -0.2) is 9.59 Å². The molecular weight excluding hydrogens is 344 g/mol. The molecule has 0 radical (unpaired) electrons. The number of aliphatic carboxylic acids is 1. The highest BCUT2D eigenvalue weighted by Crippen LogP contribution is 2.47. The highest BCUT2D eigenvalue weighted by molar-refractivity contribution is 6.76. The Morgan fingerprint density at radius 1 is 1.28 bits per heavy atom. The van der Waals surface area contributed by atoms with Gasteiger partial charge in [-0.15, -0.1) is 0 Å². The topological polar surface area (TPSA) is 107 Å². The molecule has 0 aromatic rings. The molecule has 0 unspecified atom stereocenters. The van der Waals surface area contributed by atoms with Crippen LogP contribution in [0.5, 0.6) is 0 Å². The van der Waals surface area contributed by atoms with Crippen LogP contribution in [0.1, 0.15) is 6.42 Å². The van der Waals surface area contributed by atoms with Gasteiger partial charge in [-0.2, -0.15) is 0 Å². The number of rotatable bonds is 6. The van der Waals surface area contributed by atoms with Crippen LogP contribution in [-0.2, 0) is 14.3 Å². The summed E-state index contributed by atoms with van der Waals surface area (Å²) < 4.78 is 5.70. The molecule has 2 fully saturated rings. The second kappa shape index (κ2) is 6.13. The van der Waals surface area contributed by atoms with E-state index < -0.39 is 32.1 Å². The molecule has 3 aliphatic rings.